The Labute approximate surface area is 193 Å². The lowest BCUT2D eigenvalue weighted by Gasteiger charge is -2.03. The average Bonchev–Trinajstić information content (AvgIpc) is 3.53. The molecule has 32 heavy (non-hydrogen) atoms. The Bertz CT molecular complexity index is 906. The number of aromatic nitrogens is 2. The van der Waals surface area contributed by atoms with Crippen molar-refractivity contribution in [2.75, 3.05) is 20.0 Å². The van der Waals surface area contributed by atoms with E-state index in [1.807, 2.05) is 51.3 Å². The first-order chi connectivity index (χ1) is 15.7. The average molecular weight is 462 g/mol. The fourth-order valence-electron chi connectivity index (χ4n) is 2.13. The molecule has 2 aromatic heterocycles. The molecule has 3 aromatic rings. The molecule has 0 saturated heterocycles. The highest BCUT2D eigenvalue weighted by Gasteiger charge is 2.12. The number of aliphatic imine (C=N–C) groups is 1. The molecule has 0 bridgehead atoms. The van der Waals surface area contributed by atoms with Crippen LogP contribution in [0.2, 0.25) is 0 Å². The molecule has 0 atom stereocenters. The molecule has 3 rings (SSSR count). The lowest BCUT2D eigenvalue weighted by molar-refractivity contribution is 0.269. The van der Waals surface area contributed by atoms with Gasteiger partial charge in [-0.05, 0) is 36.0 Å². The summed E-state index contributed by atoms with van der Waals surface area (Å²) in [5.41, 5.74) is 1.01. The van der Waals surface area contributed by atoms with Crippen molar-refractivity contribution in [1.82, 2.24) is 10.1 Å². The van der Waals surface area contributed by atoms with Gasteiger partial charge in [0.1, 0.15) is 30.2 Å². The minimum absolute atomic E-state index is 0.163. The fourth-order valence-corrected chi connectivity index (χ4v) is 2.62. The zero-order chi connectivity index (χ0) is 23.6. The number of rotatable bonds is 8. The largest absolute Gasteiger partial charge is 0.497 e. The molecule has 2 heterocycles. The van der Waals surface area contributed by atoms with Crippen molar-refractivity contribution in [2.45, 2.75) is 33.9 Å². The number of ether oxygens (including phenoxy) is 2. The van der Waals surface area contributed by atoms with E-state index < -0.39 is 0 Å². The second-order valence-corrected chi connectivity index (χ2v) is 6.46. The second kappa shape index (κ2) is 16.6. The Balaban J connectivity index is 0.000000646. The van der Waals surface area contributed by atoms with Gasteiger partial charge in [0.15, 0.2) is 5.76 Å². The molecule has 1 N–H and O–H groups in total. The lowest BCUT2D eigenvalue weighted by atomic mass is 10.2. The minimum Gasteiger partial charge on any atom is -0.497 e. The molecule has 0 unspecified atom stereocenters. The van der Waals surface area contributed by atoms with Gasteiger partial charge in [0.05, 0.1) is 26.0 Å². The monoisotopic (exact) mass is 461 g/mol. The van der Waals surface area contributed by atoms with Crippen LogP contribution in [0, 0.1) is 0 Å². The summed E-state index contributed by atoms with van der Waals surface area (Å²) in [6.45, 7) is 6.76. The smallest absolute Gasteiger partial charge is 0.255 e. The summed E-state index contributed by atoms with van der Waals surface area (Å²) in [7, 11) is 1.63. The van der Waals surface area contributed by atoms with Gasteiger partial charge in [-0.15, -0.1) is 11.8 Å². The number of oxazole rings is 1. The van der Waals surface area contributed by atoms with Crippen LogP contribution in [0.5, 0.6) is 11.6 Å². The van der Waals surface area contributed by atoms with Gasteiger partial charge in [0.25, 0.3) is 5.88 Å². The van der Waals surface area contributed by atoms with Gasteiger partial charge in [0, 0.05) is 0 Å². The van der Waals surface area contributed by atoms with E-state index in [1.54, 1.807) is 31.5 Å². The predicted octanol–water partition coefficient (Wildman–Crippen LogP) is 5.14. The van der Waals surface area contributed by atoms with Crippen LogP contribution in [-0.4, -0.2) is 40.3 Å². The van der Waals surface area contributed by atoms with E-state index in [0.29, 0.717) is 35.7 Å². The van der Waals surface area contributed by atoms with Crippen molar-refractivity contribution in [1.29, 1.82) is 0 Å². The summed E-state index contributed by atoms with van der Waals surface area (Å²) in [4.78, 5) is 8.46. The number of nitrogens with zero attached hydrogens (tertiary/aromatic N) is 3. The molecule has 0 aliphatic carbocycles. The summed E-state index contributed by atoms with van der Waals surface area (Å²) < 4.78 is 21.3. The van der Waals surface area contributed by atoms with E-state index >= 15 is 0 Å². The topological polar surface area (TPSA) is 103 Å². The molecule has 0 saturated carbocycles. The Kier molecular flexibility index (Phi) is 14.0. The third-order valence-electron chi connectivity index (χ3n) is 3.62. The van der Waals surface area contributed by atoms with Gasteiger partial charge in [-0.3, -0.25) is 4.99 Å². The van der Waals surface area contributed by atoms with Gasteiger partial charge in [-0.25, -0.2) is 4.98 Å². The van der Waals surface area contributed by atoms with Crippen LogP contribution >= 0.6 is 11.8 Å². The van der Waals surface area contributed by atoms with Crippen LogP contribution in [0.25, 0.3) is 0 Å². The maximum atomic E-state index is 7.98. The first kappa shape index (κ1) is 27.0. The van der Waals surface area contributed by atoms with Crippen molar-refractivity contribution in [3.05, 3.63) is 72.2 Å². The first-order valence-corrected chi connectivity index (χ1v) is 11.3. The van der Waals surface area contributed by atoms with Crippen molar-refractivity contribution >= 4 is 16.8 Å². The minimum atomic E-state index is 0.163. The molecule has 0 aliphatic heterocycles. The van der Waals surface area contributed by atoms with E-state index in [0.717, 1.165) is 11.3 Å². The van der Waals surface area contributed by atoms with Gasteiger partial charge >= 0.3 is 0 Å². The van der Waals surface area contributed by atoms with Gasteiger partial charge in [0.2, 0.25) is 5.89 Å². The molecule has 0 spiro atoms. The van der Waals surface area contributed by atoms with Crippen molar-refractivity contribution in [3.63, 3.8) is 0 Å². The van der Waals surface area contributed by atoms with Crippen LogP contribution in [0.15, 0.2) is 68.9 Å². The first-order valence-electron chi connectivity index (χ1n) is 10.1. The van der Waals surface area contributed by atoms with Crippen LogP contribution < -0.4 is 9.47 Å². The lowest BCUT2D eigenvalue weighted by Crippen LogP contribution is -1.96. The number of hydrogen-bond donors (Lipinski definition) is 1. The molecule has 0 radical (unpaired) electrons. The number of allylic oxidation sites excluding steroid dienone is 1. The Morgan fingerprint density at radius 1 is 1.25 bits per heavy atom. The fraction of sp³-hybridized carbons (Fsp3) is 0.348. The third kappa shape index (κ3) is 9.84. The highest BCUT2D eigenvalue weighted by molar-refractivity contribution is 8.13. The number of aliphatic hydroxyl groups is 1. The van der Waals surface area contributed by atoms with E-state index in [9.17, 15) is 0 Å². The highest BCUT2D eigenvalue weighted by Crippen LogP contribution is 2.19. The summed E-state index contributed by atoms with van der Waals surface area (Å²) >= 11 is 1.45. The Morgan fingerprint density at radius 2 is 2.00 bits per heavy atom. The molecule has 174 valence electrons. The van der Waals surface area contributed by atoms with E-state index in [-0.39, 0.29) is 6.61 Å². The molecular weight excluding hydrogens is 430 g/mol. The number of benzene rings is 1. The SMILES string of the molecule is C/C=C\CO.CC.COc1ccc(COc2cc(C(=NCc3ncco3)SC)on2)cc1. The van der Waals surface area contributed by atoms with E-state index in [2.05, 4.69) is 15.1 Å². The third-order valence-corrected chi connectivity index (χ3v) is 4.34. The van der Waals surface area contributed by atoms with Crippen molar-refractivity contribution in [2.24, 2.45) is 4.99 Å². The molecule has 1 aromatic carbocycles. The molecule has 0 fully saturated rings. The number of hydrogen-bond acceptors (Lipinski definition) is 9. The van der Waals surface area contributed by atoms with Crippen LogP contribution in [0.4, 0.5) is 0 Å². The quantitative estimate of drug-likeness (QED) is 0.279. The second-order valence-electron chi connectivity index (χ2n) is 5.67. The Morgan fingerprint density at radius 3 is 2.53 bits per heavy atom. The maximum Gasteiger partial charge on any atom is 0.255 e. The summed E-state index contributed by atoms with van der Waals surface area (Å²) in [5, 5.41) is 12.6. The number of thioether (sulfide) groups is 1. The molecule has 0 amide bonds. The molecular formula is C23H31N3O5S. The maximum absolute atomic E-state index is 7.98. The normalized spacial score (nSPS) is 10.8. The van der Waals surface area contributed by atoms with E-state index in [4.69, 9.17) is 23.5 Å². The number of methoxy groups -OCH3 is 1. The van der Waals surface area contributed by atoms with Crippen LogP contribution in [-0.2, 0) is 13.2 Å². The van der Waals surface area contributed by atoms with E-state index in [1.165, 1.54) is 18.0 Å². The Hall–Kier alpha value is -3.04. The summed E-state index contributed by atoms with van der Waals surface area (Å²) in [5.74, 6) is 2.30. The van der Waals surface area contributed by atoms with Gasteiger partial charge in [-0.2, -0.15) is 0 Å². The zero-order valence-corrected chi connectivity index (χ0v) is 20.0. The van der Waals surface area contributed by atoms with Crippen LogP contribution in [0.1, 0.15) is 38.0 Å². The van der Waals surface area contributed by atoms with Crippen molar-refractivity contribution in [3.8, 4) is 11.6 Å². The van der Waals surface area contributed by atoms with Gasteiger partial charge < -0.3 is 23.5 Å². The molecule has 8 nitrogen and oxygen atoms in total. The molecule has 0 aliphatic rings. The van der Waals surface area contributed by atoms with Gasteiger partial charge in [-0.1, -0.05) is 38.1 Å². The summed E-state index contributed by atoms with van der Waals surface area (Å²) in [6, 6.07) is 9.35. The highest BCUT2D eigenvalue weighted by atomic mass is 32.2. The molecule has 9 heteroatoms. The summed E-state index contributed by atoms with van der Waals surface area (Å²) in [6.07, 6.45) is 8.50. The predicted molar refractivity (Wildman–Crippen MR) is 127 cm³/mol. The standard InChI is InChI=1S/C17H17N3O4S.C4H8O.C2H6/c1-21-13-5-3-12(4-6-13)11-23-15-9-14(24-20-15)17(25-2)19-10-16-18-7-8-22-16;1-2-3-4-5;1-2/h3-9H,10-11H2,1-2H3;2-3,5H,4H2,1H3;1-2H3/b;3-2-;. The zero-order valence-electron chi connectivity index (χ0n) is 19.1. The number of aliphatic hydroxyl groups excluding tert-OH is 1. The van der Waals surface area contributed by atoms with Crippen LogP contribution in [0.3, 0.4) is 0 Å². The van der Waals surface area contributed by atoms with Crippen molar-refractivity contribution < 1.29 is 23.5 Å².